The summed E-state index contributed by atoms with van der Waals surface area (Å²) in [5.41, 5.74) is 0.0805. The molecule has 0 spiro atoms. The van der Waals surface area contributed by atoms with Gasteiger partial charge in [-0.15, -0.1) is 0 Å². The lowest BCUT2D eigenvalue weighted by Crippen LogP contribution is -2.33. The second kappa shape index (κ2) is 5.67. The minimum atomic E-state index is -3.04. The Morgan fingerprint density at radius 3 is 2.53 bits per heavy atom. The monoisotopic (exact) mass is 262 g/mol. The summed E-state index contributed by atoms with van der Waals surface area (Å²) in [5.74, 6) is 0.757. The normalized spacial score (nSPS) is 23.2. The van der Waals surface area contributed by atoms with E-state index in [1.165, 1.54) is 0 Å². The maximum atomic E-state index is 12.1. The van der Waals surface area contributed by atoms with E-state index in [0.29, 0.717) is 19.0 Å². The van der Waals surface area contributed by atoms with Gasteiger partial charge in [-0.3, -0.25) is 0 Å². The second-order valence-corrected chi connectivity index (χ2v) is 8.29. The largest absolute Gasteiger partial charge is 0.319 e. The van der Waals surface area contributed by atoms with Crippen molar-refractivity contribution in [2.24, 2.45) is 11.3 Å². The molecule has 1 rings (SSSR count). The fourth-order valence-electron chi connectivity index (χ4n) is 2.07. The van der Waals surface area contributed by atoms with Crippen LogP contribution in [0, 0.1) is 11.3 Å². The van der Waals surface area contributed by atoms with Crippen LogP contribution in [-0.4, -0.2) is 45.2 Å². The highest BCUT2D eigenvalue weighted by atomic mass is 32.2. The van der Waals surface area contributed by atoms with E-state index >= 15 is 0 Å². The van der Waals surface area contributed by atoms with E-state index in [1.807, 2.05) is 7.05 Å². The minimum absolute atomic E-state index is 0.0805. The quantitative estimate of drug-likeness (QED) is 0.812. The van der Waals surface area contributed by atoms with E-state index in [1.54, 1.807) is 4.31 Å². The van der Waals surface area contributed by atoms with Gasteiger partial charge in [0.1, 0.15) is 0 Å². The van der Waals surface area contributed by atoms with Crippen molar-refractivity contribution < 1.29 is 8.42 Å². The molecule has 1 fully saturated rings. The Labute approximate surface area is 106 Å². The third-order valence-electron chi connectivity index (χ3n) is 3.24. The van der Waals surface area contributed by atoms with Gasteiger partial charge in [-0.05, 0) is 37.8 Å². The minimum Gasteiger partial charge on any atom is -0.319 e. The Bertz CT molecular complexity index is 333. The molecular weight excluding hydrogens is 236 g/mol. The zero-order valence-electron chi connectivity index (χ0n) is 11.5. The molecule has 0 radical (unpaired) electrons. The molecule has 0 bridgehead atoms. The van der Waals surface area contributed by atoms with Crippen LogP contribution in [0.2, 0.25) is 0 Å². The zero-order chi connectivity index (χ0) is 13.1. The average molecular weight is 262 g/mol. The van der Waals surface area contributed by atoms with E-state index in [9.17, 15) is 8.42 Å². The van der Waals surface area contributed by atoms with Crippen LogP contribution in [0.3, 0.4) is 0 Å². The Balaban J connectivity index is 2.49. The highest BCUT2D eigenvalue weighted by Gasteiger charge is 2.31. The summed E-state index contributed by atoms with van der Waals surface area (Å²) in [4.78, 5) is 0. The van der Waals surface area contributed by atoms with Gasteiger partial charge in [-0.1, -0.05) is 20.8 Å². The maximum absolute atomic E-state index is 12.1. The molecule has 0 aliphatic carbocycles. The van der Waals surface area contributed by atoms with Gasteiger partial charge in [-0.2, -0.15) is 0 Å². The van der Waals surface area contributed by atoms with Gasteiger partial charge in [-0.25, -0.2) is 12.7 Å². The topological polar surface area (TPSA) is 49.4 Å². The Hall–Kier alpha value is -0.130. The van der Waals surface area contributed by atoms with Crippen LogP contribution in [0.15, 0.2) is 0 Å². The van der Waals surface area contributed by atoms with Crippen LogP contribution in [0.25, 0.3) is 0 Å². The Kier molecular flexibility index (Phi) is 4.98. The Morgan fingerprint density at radius 1 is 1.35 bits per heavy atom. The Morgan fingerprint density at radius 2 is 2.00 bits per heavy atom. The summed E-state index contributed by atoms with van der Waals surface area (Å²) in [5, 5.41) is 3.12. The first-order chi connectivity index (χ1) is 7.74. The van der Waals surface area contributed by atoms with Crippen LogP contribution >= 0.6 is 0 Å². The summed E-state index contributed by atoms with van der Waals surface area (Å²) in [6, 6.07) is 0. The molecule has 1 atom stereocenters. The van der Waals surface area contributed by atoms with Crippen molar-refractivity contribution in [3.63, 3.8) is 0 Å². The van der Waals surface area contributed by atoms with E-state index in [2.05, 4.69) is 26.1 Å². The molecule has 1 saturated heterocycles. The molecular formula is C12H26N2O2S. The van der Waals surface area contributed by atoms with Crippen molar-refractivity contribution in [1.82, 2.24) is 9.62 Å². The maximum Gasteiger partial charge on any atom is 0.214 e. The second-order valence-electron chi connectivity index (χ2n) is 6.20. The van der Waals surface area contributed by atoms with Crippen LogP contribution in [0.1, 0.15) is 33.6 Å². The highest BCUT2D eigenvalue weighted by Crippen LogP contribution is 2.23. The van der Waals surface area contributed by atoms with Crippen molar-refractivity contribution in [3.05, 3.63) is 0 Å². The first kappa shape index (κ1) is 14.9. The molecule has 1 heterocycles. The van der Waals surface area contributed by atoms with E-state index in [4.69, 9.17) is 0 Å². The summed E-state index contributed by atoms with van der Waals surface area (Å²) < 4.78 is 25.9. The number of nitrogens with zero attached hydrogens (tertiary/aromatic N) is 1. The van der Waals surface area contributed by atoms with Crippen molar-refractivity contribution in [3.8, 4) is 0 Å². The molecule has 1 aliphatic heterocycles. The molecule has 5 heteroatoms. The number of nitrogens with one attached hydrogen (secondary N) is 1. The molecule has 102 valence electrons. The van der Waals surface area contributed by atoms with Crippen molar-refractivity contribution in [1.29, 1.82) is 0 Å². The van der Waals surface area contributed by atoms with E-state index in [-0.39, 0.29) is 11.2 Å². The number of sulfonamides is 1. The molecule has 1 unspecified atom stereocenters. The molecule has 0 aromatic heterocycles. The molecule has 1 aliphatic rings. The van der Waals surface area contributed by atoms with Crippen LogP contribution in [0.5, 0.6) is 0 Å². The summed E-state index contributed by atoms with van der Waals surface area (Å²) >= 11 is 0. The number of hydrogen-bond acceptors (Lipinski definition) is 3. The van der Waals surface area contributed by atoms with Crippen LogP contribution in [0.4, 0.5) is 0 Å². The molecule has 0 saturated carbocycles. The lowest BCUT2D eigenvalue weighted by atomic mass is 9.94. The summed E-state index contributed by atoms with van der Waals surface area (Å²) in [6.07, 6.45) is 1.71. The zero-order valence-corrected chi connectivity index (χ0v) is 12.3. The smallest absolute Gasteiger partial charge is 0.214 e. The van der Waals surface area contributed by atoms with Gasteiger partial charge in [0.05, 0.1) is 5.75 Å². The van der Waals surface area contributed by atoms with Crippen molar-refractivity contribution >= 4 is 10.0 Å². The predicted molar refractivity (Wildman–Crippen MR) is 71.5 cm³/mol. The molecule has 17 heavy (non-hydrogen) atoms. The van der Waals surface area contributed by atoms with Gasteiger partial charge in [0.15, 0.2) is 0 Å². The molecule has 0 aromatic carbocycles. The SMILES string of the molecule is CNCC1CCN(S(=O)(=O)CCC(C)(C)C)C1. The number of rotatable bonds is 5. The third kappa shape index (κ3) is 4.94. The predicted octanol–water partition coefficient (Wildman–Crippen LogP) is 1.29. The van der Waals surface area contributed by atoms with E-state index < -0.39 is 10.0 Å². The molecule has 0 aromatic rings. The van der Waals surface area contributed by atoms with E-state index in [0.717, 1.165) is 19.4 Å². The van der Waals surface area contributed by atoms with Gasteiger partial charge >= 0.3 is 0 Å². The average Bonchev–Trinajstić information content (AvgIpc) is 2.64. The van der Waals surface area contributed by atoms with Crippen molar-refractivity contribution in [2.45, 2.75) is 33.6 Å². The fraction of sp³-hybridized carbons (Fsp3) is 1.00. The number of hydrogen-bond donors (Lipinski definition) is 1. The van der Waals surface area contributed by atoms with Gasteiger partial charge < -0.3 is 5.32 Å². The first-order valence-corrected chi connectivity index (χ1v) is 7.98. The van der Waals surface area contributed by atoms with Crippen molar-refractivity contribution in [2.75, 3.05) is 32.4 Å². The lowest BCUT2D eigenvalue weighted by molar-refractivity contribution is 0.387. The van der Waals surface area contributed by atoms with Crippen LogP contribution < -0.4 is 5.32 Å². The van der Waals surface area contributed by atoms with Gasteiger partial charge in [0.25, 0.3) is 0 Å². The summed E-state index contributed by atoms with van der Waals surface area (Å²) in [7, 11) is -1.13. The van der Waals surface area contributed by atoms with Gasteiger partial charge in [0, 0.05) is 13.1 Å². The van der Waals surface area contributed by atoms with Crippen LogP contribution in [-0.2, 0) is 10.0 Å². The molecule has 0 amide bonds. The summed E-state index contributed by atoms with van der Waals surface area (Å²) in [6.45, 7) is 8.53. The standard InChI is InChI=1S/C12H26N2O2S/c1-12(2,3)6-8-17(15,16)14-7-5-11(10-14)9-13-4/h11,13H,5-10H2,1-4H3. The fourth-order valence-corrected chi connectivity index (χ4v) is 4.02. The molecule has 1 N–H and O–H groups in total. The lowest BCUT2D eigenvalue weighted by Gasteiger charge is -2.21. The molecule has 4 nitrogen and oxygen atoms in total. The van der Waals surface area contributed by atoms with Gasteiger partial charge in [0.2, 0.25) is 10.0 Å². The highest BCUT2D eigenvalue weighted by molar-refractivity contribution is 7.89. The first-order valence-electron chi connectivity index (χ1n) is 6.37. The third-order valence-corrected chi connectivity index (χ3v) is 5.08.